The summed E-state index contributed by atoms with van der Waals surface area (Å²) in [5.41, 5.74) is 0.677. The molecular formula is C19H28N2O3. The van der Waals surface area contributed by atoms with E-state index in [1.807, 2.05) is 30.1 Å². The third kappa shape index (κ3) is 3.83. The van der Waals surface area contributed by atoms with Crippen molar-refractivity contribution in [2.24, 2.45) is 5.92 Å². The Morgan fingerprint density at radius 2 is 2.04 bits per heavy atom. The second kappa shape index (κ2) is 7.88. The summed E-state index contributed by atoms with van der Waals surface area (Å²) in [5, 5.41) is 3.19. The summed E-state index contributed by atoms with van der Waals surface area (Å²) in [4.78, 5) is 14.7. The van der Waals surface area contributed by atoms with Crippen LogP contribution in [-0.4, -0.2) is 50.7 Å². The van der Waals surface area contributed by atoms with Crippen molar-refractivity contribution < 1.29 is 14.3 Å². The molecule has 0 aromatic heterocycles. The predicted molar refractivity (Wildman–Crippen MR) is 93.8 cm³/mol. The van der Waals surface area contributed by atoms with Gasteiger partial charge in [-0.1, -0.05) is 0 Å². The molecule has 5 heteroatoms. The van der Waals surface area contributed by atoms with Crippen LogP contribution in [0, 0.1) is 5.92 Å². The standard InChI is InChI=1S/C19H28N2O3/c1-20-12-14-9-10-21(13-14)19(22)15-7-8-17(18(11-15)23-2)24-16-5-3-4-6-16/h7-8,11,14,16,20H,3-6,9-10,12-13H2,1-2H3. The van der Waals surface area contributed by atoms with Crippen molar-refractivity contribution in [2.45, 2.75) is 38.2 Å². The SMILES string of the molecule is CNCC1CCN(C(=O)c2ccc(OC3CCCC3)c(OC)c2)C1. The fourth-order valence-electron chi connectivity index (χ4n) is 3.74. The van der Waals surface area contributed by atoms with Crippen LogP contribution in [0.1, 0.15) is 42.5 Å². The van der Waals surface area contributed by atoms with Gasteiger partial charge in [0, 0.05) is 18.7 Å². The molecule has 1 amide bonds. The van der Waals surface area contributed by atoms with E-state index in [1.165, 1.54) is 12.8 Å². The second-order valence-corrected chi connectivity index (χ2v) is 6.85. The van der Waals surface area contributed by atoms with Gasteiger partial charge in [0.25, 0.3) is 5.91 Å². The van der Waals surface area contributed by atoms with E-state index in [1.54, 1.807) is 7.11 Å². The smallest absolute Gasteiger partial charge is 0.254 e. The number of carbonyl (C=O) groups is 1. The van der Waals surface area contributed by atoms with Gasteiger partial charge in [0.05, 0.1) is 13.2 Å². The molecular weight excluding hydrogens is 304 g/mol. The predicted octanol–water partition coefficient (Wildman–Crippen LogP) is 2.70. The van der Waals surface area contributed by atoms with Gasteiger partial charge in [-0.3, -0.25) is 4.79 Å². The fraction of sp³-hybridized carbons (Fsp3) is 0.632. The number of hydrogen-bond acceptors (Lipinski definition) is 4. The highest BCUT2D eigenvalue weighted by molar-refractivity contribution is 5.95. The van der Waals surface area contributed by atoms with E-state index >= 15 is 0 Å². The monoisotopic (exact) mass is 332 g/mol. The summed E-state index contributed by atoms with van der Waals surface area (Å²) in [6.07, 6.45) is 6.00. The molecule has 132 valence electrons. The molecule has 0 bridgehead atoms. The minimum Gasteiger partial charge on any atom is -0.493 e. The summed E-state index contributed by atoms with van der Waals surface area (Å²) in [5.74, 6) is 2.03. The number of nitrogens with one attached hydrogen (secondary N) is 1. The van der Waals surface area contributed by atoms with E-state index in [0.29, 0.717) is 17.2 Å². The van der Waals surface area contributed by atoms with Crippen LogP contribution in [0.3, 0.4) is 0 Å². The Balaban J connectivity index is 1.68. The van der Waals surface area contributed by atoms with Crippen molar-refractivity contribution in [3.05, 3.63) is 23.8 Å². The van der Waals surface area contributed by atoms with Crippen LogP contribution in [0.25, 0.3) is 0 Å². The largest absolute Gasteiger partial charge is 0.493 e. The molecule has 1 atom stereocenters. The average molecular weight is 332 g/mol. The molecule has 0 radical (unpaired) electrons. The number of ether oxygens (including phenoxy) is 2. The van der Waals surface area contributed by atoms with E-state index in [-0.39, 0.29) is 12.0 Å². The van der Waals surface area contributed by atoms with Crippen molar-refractivity contribution in [3.63, 3.8) is 0 Å². The summed E-state index contributed by atoms with van der Waals surface area (Å²) in [6.45, 7) is 2.61. The van der Waals surface area contributed by atoms with Gasteiger partial charge < -0.3 is 19.7 Å². The normalized spacial score (nSPS) is 21.2. The number of hydrogen-bond donors (Lipinski definition) is 1. The lowest BCUT2D eigenvalue weighted by molar-refractivity contribution is 0.0786. The van der Waals surface area contributed by atoms with Crippen LogP contribution < -0.4 is 14.8 Å². The Kier molecular flexibility index (Phi) is 5.61. The first-order valence-electron chi connectivity index (χ1n) is 9.00. The molecule has 2 fully saturated rings. The maximum Gasteiger partial charge on any atom is 0.254 e. The minimum atomic E-state index is 0.0827. The number of rotatable bonds is 6. The highest BCUT2D eigenvalue weighted by Gasteiger charge is 2.27. The molecule has 1 unspecified atom stereocenters. The van der Waals surface area contributed by atoms with Gasteiger partial charge >= 0.3 is 0 Å². The molecule has 1 aromatic carbocycles. The van der Waals surface area contributed by atoms with Gasteiger partial charge in [0.2, 0.25) is 0 Å². The zero-order chi connectivity index (χ0) is 16.9. The zero-order valence-electron chi connectivity index (χ0n) is 14.7. The van der Waals surface area contributed by atoms with Crippen LogP contribution in [0.2, 0.25) is 0 Å². The van der Waals surface area contributed by atoms with Crippen molar-refractivity contribution >= 4 is 5.91 Å². The third-order valence-electron chi connectivity index (χ3n) is 5.07. The van der Waals surface area contributed by atoms with E-state index in [4.69, 9.17) is 9.47 Å². The Morgan fingerprint density at radius 1 is 1.25 bits per heavy atom. The lowest BCUT2D eigenvalue weighted by Crippen LogP contribution is -2.30. The first-order chi connectivity index (χ1) is 11.7. The van der Waals surface area contributed by atoms with Crippen LogP contribution in [-0.2, 0) is 0 Å². The van der Waals surface area contributed by atoms with E-state index in [2.05, 4.69) is 5.32 Å². The Morgan fingerprint density at radius 3 is 2.75 bits per heavy atom. The Labute approximate surface area is 144 Å². The summed E-state index contributed by atoms with van der Waals surface area (Å²) < 4.78 is 11.5. The maximum absolute atomic E-state index is 12.7. The molecule has 1 saturated heterocycles. The Hall–Kier alpha value is -1.75. The first kappa shape index (κ1) is 17.1. The minimum absolute atomic E-state index is 0.0827. The van der Waals surface area contributed by atoms with Gasteiger partial charge in [-0.25, -0.2) is 0 Å². The van der Waals surface area contributed by atoms with E-state index in [9.17, 15) is 4.79 Å². The highest BCUT2D eigenvalue weighted by Crippen LogP contribution is 2.33. The lowest BCUT2D eigenvalue weighted by atomic mass is 10.1. The first-order valence-corrected chi connectivity index (χ1v) is 9.00. The quantitative estimate of drug-likeness (QED) is 0.870. The second-order valence-electron chi connectivity index (χ2n) is 6.85. The number of nitrogens with zero attached hydrogens (tertiary/aromatic N) is 1. The summed E-state index contributed by atoms with van der Waals surface area (Å²) in [7, 11) is 3.59. The molecule has 1 aliphatic carbocycles. The van der Waals surface area contributed by atoms with Gasteiger partial charge in [0.1, 0.15) is 0 Å². The van der Waals surface area contributed by atoms with Gasteiger partial charge in [-0.05, 0) is 69.8 Å². The van der Waals surface area contributed by atoms with Crippen molar-refractivity contribution in [3.8, 4) is 11.5 Å². The van der Waals surface area contributed by atoms with Crippen LogP contribution in [0.5, 0.6) is 11.5 Å². The van der Waals surface area contributed by atoms with Gasteiger partial charge in [-0.15, -0.1) is 0 Å². The summed E-state index contributed by atoms with van der Waals surface area (Å²) >= 11 is 0. The van der Waals surface area contributed by atoms with Crippen molar-refractivity contribution in [2.75, 3.05) is 33.8 Å². The average Bonchev–Trinajstić information content (AvgIpc) is 3.27. The molecule has 1 heterocycles. The van der Waals surface area contributed by atoms with Gasteiger partial charge in [-0.2, -0.15) is 0 Å². The number of amides is 1. The molecule has 2 aliphatic rings. The lowest BCUT2D eigenvalue weighted by Gasteiger charge is -2.19. The number of carbonyl (C=O) groups excluding carboxylic acids is 1. The maximum atomic E-state index is 12.7. The molecule has 1 aromatic rings. The molecule has 3 rings (SSSR count). The number of methoxy groups -OCH3 is 1. The molecule has 0 spiro atoms. The topological polar surface area (TPSA) is 50.8 Å². The van der Waals surface area contributed by atoms with Crippen molar-refractivity contribution in [1.29, 1.82) is 0 Å². The third-order valence-corrected chi connectivity index (χ3v) is 5.07. The number of likely N-dealkylation sites (tertiary alicyclic amines) is 1. The zero-order valence-corrected chi connectivity index (χ0v) is 14.7. The molecule has 24 heavy (non-hydrogen) atoms. The van der Waals surface area contributed by atoms with Crippen LogP contribution in [0.15, 0.2) is 18.2 Å². The van der Waals surface area contributed by atoms with E-state index < -0.39 is 0 Å². The van der Waals surface area contributed by atoms with Crippen molar-refractivity contribution in [1.82, 2.24) is 10.2 Å². The van der Waals surface area contributed by atoms with Crippen LogP contribution in [0.4, 0.5) is 0 Å². The molecule has 1 aliphatic heterocycles. The van der Waals surface area contributed by atoms with E-state index in [0.717, 1.165) is 44.6 Å². The molecule has 1 N–H and O–H groups in total. The Bertz CT molecular complexity index is 570. The van der Waals surface area contributed by atoms with Crippen LogP contribution >= 0.6 is 0 Å². The fourth-order valence-corrected chi connectivity index (χ4v) is 3.74. The number of benzene rings is 1. The summed E-state index contributed by atoms with van der Waals surface area (Å²) in [6, 6.07) is 5.56. The van der Waals surface area contributed by atoms with Gasteiger partial charge in [0.15, 0.2) is 11.5 Å². The molecule has 1 saturated carbocycles. The highest BCUT2D eigenvalue weighted by atomic mass is 16.5. The molecule has 5 nitrogen and oxygen atoms in total.